The first kappa shape index (κ1) is 15.4. The largest absolute Gasteiger partial charge is 0.299 e. The summed E-state index contributed by atoms with van der Waals surface area (Å²) >= 11 is 1.84. The third kappa shape index (κ3) is 4.85. The summed E-state index contributed by atoms with van der Waals surface area (Å²) in [6.45, 7) is 6.70. The molecule has 3 heteroatoms. The van der Waals surface area contributed by atoms with Gasteiger partial charge in [-0.3, -0.25) is 5.32 Å². The van der Waals surface area contributed by atoms with Gasteiger partial charge in [-0.1, -0.05) is 32.9 Å². The molecule has 0 heterocycles. The summed E-state index contributed by atoms with van der Waals surface area (Å²) in [6, 6.07) is 11.8. The van der Waals surface area contributed by atoms with Gasteiger partial charge in [-0.2, -0.15) is 5.26 Å². The van der Waals surface area contributed by atoms with Crippen LogP contribution < -0.4 is 5.32 Å². The van der Waals surface area contributed by atoms with Crippen molar-refractivity contribution in [3.63, 3.8) is 0 Å². The summed E-state index contributed by atoms with van der Waals surface area (Å²) < 4.78 is 0. The second-order valence-corrected chi connectivity index (χ2v) is 7.70. The van der Waals surface area contributed by atoms with Gasteiger partial charge < -0.3 is 0 Å². The molecule has 0 aromatic heterocycles. The van der Waals surface area contributed by atoms with Gasteiger partial charge in [-0.15, -0.1) is 11.8 Å². The lowest BCUT2D eigenvalue weighted by Gasteiger charge is -2.19. The summed E-state index contributed by atoms with van der Waals surface area (Å²) in [5.41, 5.74) is 1.58. The van der Waals surface area contributed by atoms with E-state index < -0.39 is 0 Å². The summed E-state index contributed by atoms with van der Waals surface area (Å²) in [5, 5.41) is 12.5. The molecule has 1 aromatic carbocycles. The Kier molecular flexibility index (Phi) is 5.12. The van der Waals surface area contributed by atoms with Crippen molar-refractivity contribution in [3.05, 3.63) is 29.8 Å². The normalized spacial score (nSPS) is 16.7. The molecule has 0 aliphatic heterocycles. The van der Waals surface area contributed by atoms with Crippen molar-refractivity contribution in [2.75, 3.05) is 5.75 Å². The lowest BCUT2D eigenvalue weighted by atomic mass is 9.87. The van der Waals surface area contributed by atoms with Gasteiger partial charge in [0.15, 0.2) is 0 Å². The molecule has 2 nitrogen and oxygen atoms in total. The van der Waals surface area contributed by atoms with Gasteiger partial charge in [-0.05, 0) is 42.4 Å². The van der Waals surface area contributed by atoms with Gasteiger partial charge in [0.05, 0.1) is 12.1 Å². The fourth-order valence-corrected chi connectivity index (χ4v) is 2.98. The lowest BCUT2D eigenvalue weighted by molar-refractivity contribution is 0.587. The van der Waals surface area contributed by atoms with Crippen molar-refractivity contribution in [2.24, 2.45) is 0 Å². The van der Waals surface area contributed by atoms with Gasteiger partial charge in [-0.25, -0.2) is 0 Å². The number of nitrogens with one attached hydrogen (secondary N) is 1. The number of thioether (sulfide) groups is 1. The molecule has 108 valence electrons. The van der Waals surface area contributed by atoms with Crippen LogP contribution in [0.4, 0.5) is 0 Å². The minimum Gasteiger partial charge on any atom is -0.299 e. The average molecular weight is 288 g/mol. The minimum atomic E-state index is 0.0175. The van der Waals surface area contributed by atoms with Crippen molar-refractivity contribution in [2.45, 2.75) is 62.4 Å². The summed E-state index contributed by atoms with van der Waals surface area (Å²) in [7, 11) is 0. The van der Waals surface area contributed by atoms with Crippen LogP contribution in [0.3, 0.4) is 0 Å². The highest BCUT2D eigenvalue weighted by atomic mass is 32.2. The van der Waals surface area contributed by atoms with Crippen molar-refractivity contribution in [1.82, 2.24) is 5.32 Å². The summed E-state index contributed by atoms with van der Waals surface area (Å²) in [6.07, 6.45) is 3.39. The molecule has 1 unspecified atom stereocenters. The Morgan fingerprint density at radius 2 is 1.95 bits per heavy atom. The van der Waals surface area contributed by atoms with E-state index in [1.807, 2.05) is 11.8 Å². The number of hydrogen-bond donors (Lipinski definition) is 1. The van der Waals surface area contributed by atoms with Crippen LogP contribution in [0, 0.1) is 11.3 Å². The molecule has 1 fully saturated rings. The molecule has 2 rings (SSSR count). The Hall–Kier alpha value is -0.980. The lowest BCUT2D eigenvalue weighted by Crippen LogP contribution is -2.29. The Morgan fingerprint density at radius 1 is 1.30 bits per heavy atom. The Balaban J connectivity index is 1.77. The van der Waals surface area contributed by atoms with E-state index in [1.54, 1.807) is 0 Å². The van der Waals surface area contributed by atoms with Crippen LogP contribution in [-0.2, 0) is 5.41 Å². The van der Waals surface area contributed by atoms with Crippen LogP contribution in [-0.4, -0.2) is 17.8 Å². The van der Waals surface area contributed by atoms with Crippen LogP contribution in [0.1, 0.15) is 45.6 Å². The van der Waals surface area contributed by atoms with Gasteiger partial charge in [0.25, 0.3) is 0 Å². The zero-order chi connectivity index (χ0) is 14.6. The molecule has 1 N–H and O–H groups in total. The number of nitrogens with zero attached hydrogens (tertiary/aromatic N) is 1. The van der Waals surface area contributed by atoms with E-state index >= 15 is 0 Å². The molecular weight excluding hydrogens is 264 g/mol. The van der Waals surface area contributed by atoms with E-state index in [4.69, 9.17) is 5.26 Å². The first-order valence-electron chi connectivity index (χ1n) is 7.38. The molecule has 0 bridgehead atoms. The Bertz CT molecular complexity index is 463. The monoisotopic (exact) mass is 288 g/mol. The molecule has 1 aromatic rings. The number of benzene rings is 1. The first-order valence-corrected chi connectivity index (χ1v) is 8.36. The maximum absolute atomic E-state index is 9.10. The van der Waals surface area contributed by atoms with E-state index in [0.29, 0.717) is 6.04 Å². The predicted molar refractivity (Wildman–Crippen MR) is 86.0 cm³/mol. The van der Waals surface area contributed by atoms with Gasteiger partial charge >= 0.3 is 0 Å². The predicted octanol–water partition coefficient (Wildman–Crippen LogP) is 4.11. The highest BCUT2D eigenvalue weighted by molar-refractivity contribution is 7.99. The summed E-state index contributed by atoms with van der Waals surface area (Å²) in [4.78, 5) is 1.29. The van der Waals surface area contributed by atoms with E-state index in [-0.39, 0.29) is 11.5 Å². The Morgan fingerprint density at radius 3 is 2.45 bits per heavy atom. The second kappa shape index (κ2) is 6.65. The third-order valence-electron chi connectivity index (χ3n) is 3.57. The highest BCUT2D eigenvalue weighted by Gasteiger charge is 2.24. The van der Waals surface area contributed by atoms with E-state index in [9.17, 15) is 0 Å². The maximum atomic E-state index is 9.10. The van der Waals surface area contributed by atoms with Crippen LogP contribution in [0.25, 0.3) is 0 Å². The molecule has 0 radical (unpaired) electrons. The minimum absolute atomic E-state index is 0.0175. The topological polar surface area (TPSA) is 35.8 Å². The zero-order valence-electron chi connectivity index (χ0n) is 12.6. The maximum Gasteiger partial charge on any atom is 0.0963 e. The fourth-order valence-electron chi connectivity index (χ4n) is 2.07. The molecule has 0 saturated heterocycles. The number of nitriles is 1. The average Bonchev–Trinajstić information content (AvgIpc) is 3.21. The SMILES string of the molecule is CC(C)(C)c1ccc(SCCC(C#N)NC2CC2)cc1. The van der Waals surface area contributed by atoms with Crippen molar-refractivity contribution in [3.8, 4) is 6.07 Å². The van der Waals surface area contributed by atoms with Crippen LogP contribution >= 0.6 is 11.8 Å². The van der Waals surface area contributed by atoms with Crippen LogP contribution in [0.5, 0.6) is 0 Å². The molecule has 0 amide bonds. The molecule has 1 saturated carbocycles. The first-order chi connectivity index (χ1) is 9.49. The quantitative estimate of drug-likeness (QED) is 0.800. The highest BCUT2D eigenvalue weighted by Crippen LogP contribution is 2.26. The van der Waals surface area contributed by atoms with Crippen LogP contribution in [0.2, 0.25) is 0 Å². The van der Waals surface area contributed by atoms with Crippen molar-refractivity contribution < 1.29 is 0 Å². The number of hydrogen-bond acceptors (Lipinski definition) is 3. The molecule has 1 atom stereocenters. The second-order valence-electron chi connectivity index (χ2n) is 6.53. The van der Waals surface area contributed by atoms with Crippen molar-refractivity contribution in [1.29, 1.82) is 5.26 Å². The molecule has 0 spiro atoms. The molecular formula is C17H24N2S. The molecule has 20 heavy (non-hydrogen) atoms. The number of rotatable bonds is 6. The van der Waals surface area contributed by atoms with E-state index in [2.05, 4.69) is 56.4 Å². The fraction of sp³-hybridized carbons (Fsp3) is 0.588. The van der Waals surface area contributed by atoms with Crippen molar-refractivity contribution >= 4 is 11.8 Å². The van der Waals surface area contributed by atoms with E-state index in [0.717, 1.165) is 12.2 Å². The van der Waals surface area contributed by atoms with Gasteiger partial charge in [0.2, 0.25) is 0 Å². The molecule has 1 aliphatic carbocycles. The van der Waals surface area contributed by atoms with Gasteiger partial charge in [0, 0.05) is 16.7 Å². The zero-order valence-corrected chi connectivity index (χ0v) is 13.5. The van der Waals surface area contributed by atoms with Crippen LogP contribution in [0.15, 0.2) is 29.2 Å². The standard InChI is InChI=1S/C17H24N2S/c1-17(2,3)13-4-8-16(9-5-13)20-11-10-15(12-18)19-14-6-7-14/h4-5,8-9,14-15,19H,6-7,10-11H2,1-3H3. The smallest absolute Gasteiger partial charge is 0.0963 e. The summed E-state index contributed by atoms with van der Waals surface area (Å²) in [5.74, 6) is 0.993. The van der Waals surface area contributed by atoms with E-state index in [1.165, 1.54) is 23.3 Å². The van der Waals surface area contributed by atoms with Gasteiger partial charge in [0.1, 0.15) is 0 Å². The molecule has 1 aliphatic rings. The third-order valence-corrected chi connectivity index (χ3v) is 4.61. The Labute approximate surface area is 127 Å².